The van der Waals surface area contributed by atoms with E-state index in [0.29, 0.717) is 28.3 Å². The normalized spacial score (nSPS) is 11.1. The lowest BCUT2D eigenvalue weighted by molar-refractivity contribution is -0.402. The summed E-state index contributed by atoms with van der Waals surface area (Å²) in [5.41, 5.74) is 0.890. The van der Waals surface area contributed by atoms with Gasteiger partial charge in [0.15, 0.2) is 11.0 Å². The third-order valence-corrected chi connectivity index (χ3v) is 4.37. The van der Waals surface area contributed by atoms with Crippen molar-refractivity contribution < 1.29 is 9.34 Å². The van der Waals surface area contributed by atoms with E-state index in [2.05, 4.69) is 16.8 Å². The number of allylic oxidation sites excluding steroid dienone is 1. The molecule has 9 heteroatoms. The molecule has 26 heavy (non-hydrogen) atoms. The minimum atomic E-state index is -0.580. The fourth-order valence-electron chi connectivity index (χ4n) is 2.17. The van der Waals surface area contributed by atoms with Crippen molar-refractivity contribution in [3.63, 3.8) is 0 Å². The molecule has 0 unspecified atom stereocenters. The van der Waals surface area contributed by atoms with Crippen LogP contribution in [0.4, 0.5) is 5.88 Å². The van der Waals surface area contributed by atoms with Gasteiger partial charge in [-0.05, 0) is 41.8 Å². The molecule has 7 nitrogen and oxygen atoms in total. The van der Waals surface area contributed by atoms with Gasteiger partial charge < -0.3 is 4.42 Å². The van der Waals surface area contributed by atoms with E-state index in [-0.39, 0.29) is 5.88 Å². The summed E-state index contributed by atoms with van der Waals surface area (Å²) in [7, 11) is 0. The Labute approximate surface area is 158 Å². The van der Waals surface area contributed by atoms with Crippen LogP contribution in [0, 0.1) is 10.1 Å². The summed E-state index contributed by atoms with van der Waals surface area (Å²) in [6.45, 7) is 4.30. The Bertz CT molecular complexity index is 963. The van der Waals surface area contributed by atoms with Crippen molar-refractivity contribution in [1.29, 1.82) is 0 Å². The molecule has 0 saturated heterocycles. The second-order valence-corrected chi connectivity index (χ2v) is 6.38. The Morgan fingerprint density at radius 1 is 1.27 bits per heavy atom. The largest absolute Gasteiger partial charge is 0.433 e. The van der Waals surface area contributed by atoms with Crippen molar-refractivity contribution in [2.75, 3.05) is 0 Å². The molecule has 0 aliphatic carbocycles. The maximum Gasteiger partial charge on any atom is 0.433 e. The first kappa shape index (κ1) is 18.0. The molecule has 0 radical (unpaired) electrons. The summed E-state index contributed by atoms with van der Waals surface area (Å²) in [6, 6.07) is 10.2. The Hall–Kier alpha value is -2.84. The van der Waals surface area contributed by atoms with Crippen LogP contribution in [-0.2, 0) is 6.54 Å². The lowest BCUT2D eigenvalue weighted by atomic mass is 10.2. The summed E-state index contributed by atoms with van der Waals surface area (Å²) >= 11 is 7.25. The van der Waals surface area contributed by atoms with Crippen molar-refractivity contribution in [3.8, 4) is 11.4 Å². The van der Waals surface area contributed by atoms with E-state index < -0.39 is 4.92 Å². The maximum absolute atomic E-state index is 10.6. The molecular formula is C17H13ClN4O3S. The topological polar surface area (TPSA) is 87.0 Å². The van der Waals surface area contributed by atoms with Gasteiger partial charge in [0.2, 0.25) is 0 Å². The minimum Gasteiger partial charge on any atom is -0.401 e. The Morgan fingerprint density at radius 3 is 2.69 bits per heavy atom. The van der Waals surface area contributed by atoms with Gasteiger partial charge in [0.25, 0.3) is 0 Å². The predicted molar refractivity (Wildman–Crippen MR) is 101 cm³/mol. The molecule has 3 aromatic rings. The van der Waals surface area contributed by atoms with Crippen molar-refractivity contribution in [2.24, 2.45) is 0 Å². The first-order valence-electron chi connectivity index (χ1n) is 7.46. The Morgan fingerprint density at radius 2 is 2.04 bits per heavy atom. The van der Waals surface area contributed by atoms with E-state index in [9.17, 15) is 10.1 Å². The Kier molecular flexibility index (Phi) is 5.55. The molecule has 0 N–H and O–H groups in total. The van der Waals surface area contributed by atoms with Gasteiger partial charge in [-0.3, -0.25) is 14.7 Å². The second-order valence-electron chi connectivity index (χ2n) is 5.07. The summed E-state index contributed by atoms with van der Waals surface area (Å²) in [6.07, 6.45) is 3.39. The summed E-state index contributed by atoms with van der Waals surface area (Å²) in [4.78, 5) is 10.0. The number of aromatic nitrogens is 3. The van der Waals surface area contributed by atoms with Gasteiger partial charge in [-0.25, -0.2) is 0 Å². The van der Waals surface area contributed by atoms with E-state index in [1.807, 2.05) is 16.7 Å². The van der Waals surface area contributed by atoms with Crippen molar-refractivity contribution in [1.82, 2.24) is 14.8 Å². The van der Waals surface area contributed by atoms with E-state index >= 15 is 0 Å². The van der Waals surface area contributed by atoms with Crippen LogP contribution in [0.1, 0.15) is 5.76 Å². The number of halogens is 1. The lowest BCUT2D eigenvalue weighted by Gasteiger charge is -2.06. The van der Waals surface area contributed by atoms with Crippen LogP contribution in [0.15, 0.2) is 64.0 Å². The maximum atomic E-state index is 10.6. The van der Waals surface area contributed by atoms with E-state index in [1.165, 1.54) is 23.9 Å². The monoisotopic (exact) mass is 388 g/mol. The zero-order valence-corrected chi connectivity index (χ0v) is 15.0. The van der Waals surface area contributed by atoms with Crippen LogP contribution in [-0.4, -0.2) is 19.7 Å². The quantitative estimate of drug-likeness (QED) is 0.243. The standard InChI is InChI=1S/C17H13ClN4O3S/c1-2-10-21-16(12-3-5-13(18)6-4-12)19-20-17(21)26-11-9-14-7-8-15(25-14)22(23)24/h2-9,11H,1,10H2/b11-9+. The molecule has 0 aliphatic heterocycles. The highest BCUT2D eigenvalue weighted by Crippen LogP contribution is 2.26. The third-order valence-electron chi connectivity index (χ3n) is 3.33. The number of nitro groups is 1. The molecule has 0 aliphatic rings. The summed E-state index contributed by atoms with van der Waals surface area (Å²) in [5.74, 6) is 0.789. The number of thioether (sulfide) groups is 1. The second kappa shape index (κ2) is 8.03. The average molecular weight is 389 g/mol. The minimum absolute atomic E-state index is 0.297. The van der Waals surface area contributed by atoms with Gasteiger partial charge in [-0.2, -0.15) is 0 Å². The van der Waals surface area contributed by atoms with Gasteiger partial charge in [-0.15, -0.1) is 16.8 Å². The van der Waals surface area contributed by atoms with Gasteiger partial charge in [-0.1, -0.05) is 29.4 Å². The summed E-state index contributed by atoms with van der Waals surface area (Å²) in [5, 5.41) is 22.1. The van der Waals surface area contributed by atoms with E-state index in [4.69, 9.17) is 16.0 Å². The highest BCUT2D eigenvalue weighted by Gasteiger charge is 2.13. The first-order chi connectivity index (χ1) is 12.6. The molecule has 132 valence electrons. The fourth-order valence-corrected chi connectivity index (χ4v) is 3.00. The smallest absolute Gasteiger partial charge is 0.401 e. The molecule has 1 aromatic carbocycles. The molecule has 0 bridgehead atoms. The molecule has 3 rings (SSSR count). The highest BCUT2D eigenvalue weighted by atomic mass is 35.5. The number of rotatable bonds is 7. The van der Waals surface area contributed by atoms with Gasteiger partial charge >= 0.3 is 5.88 Å². The van der Waals surface area contributed by atoms with Crippen LogP contribution in [0.25, 0.3) is 17.5 Å². The number of nitrogens with zero attached hydrogens (tertiary/aromatic N) is 4. The highest BCUT2D eigenvalue weighted by molar-refractivity contribution is 8.02. The number of furan rings is 1. The van der Waals surface area contributed by atoms with Crippen LogP contribution in [0.5, 0.6) is 0 Å². The number of hydrogen-bond donors (Lipinski definition) is 0. The SMILES string of the molecule is C=CCn1c(S/C=C/c2ccc([N+](=O)[O-])o2)nnc1-c1ccc(Cl)cc1. The van der Waals surface area contributed by atoms with Crippen LogP contribution < -0.4 is 0 Å². The molecule has 0 saturated carbocycles. The molecule has 0 atom stereocenters. The predicted octanol–water partition coefficient (Wildman–Crippen LogP) is 5.05. The molecule has 0 amide bonds. The van der Waals surface area contributed by atoms with Crippen LogP contribution >= 0.6 is 23.4 Å². The van der Waals surface area contributed by atoms with E-state index in [1.54, 1.807) is 29.7 Å². The molecule has 0 fully saturated rings. The van der Waals surface area contributed by atoms with Crippen molar-refractivity contribution in [2.45, 2.75) is 11.7 Å². The summed E-state index contributed by atoms with van der Waals surface area (Å²) < 4.78 is 6.99. The zero-order chi connectivity index (χ0) is 18.5. The fraction of sp³-hybridized carbons (Fsp3) is 0.0588. The van der Waals surface area contributed by atoms with Crippen molar-refractivity contribution >= 4 is 35.3 Å². The third kappa shape index (κ3) is 4.04. The van der Waals surface area contributed by atoms with Crippen molar-refractivity contribution in [3.05, 3.63) is 75.4 Å². The zero-order valence-electron chi connectivity index (χ0n) is 13.4. The number of hydrogen-bond acceptors (Lipinski definition) is 6. The lowest BCUT2D eigenvalue weighted by Crippen LogP contribution is -1.99. The average Bonchev–Trinajstić information content (AvgIpc) is 3.24. The van der Waals surface area contributed by atoms with E-state index in [0.717, 1.165) is 5.56 Å². The number of benzene rings is 1. The molecule has 2 aromatic heterocycles. The van der Waals surface area contributed by atoms with Crippen LogP contribution in [0.2, 0.25) is 5.02 Å². The van der Waals surface area contributed by atoms with Crippen LogP contribution in [0.3, 0.4) is 0 Å². The molecule has 2 heterocycles. The molecule has 0 spiro atoms. The Balaban J connectivity index is 1.81. The van der Waals surface area contributed by atoms with Gasteiger partial charge in [0, 0.05) is 17.1 Å². The van der Waals surface area contributed by atoms with Gasteiger partial charge in [0.1, 0.15) is 10.7 Å². The first-order valence-corrected chi connectivity index (χ1v) is 8.71. The van der Waals surface area contributed by atoms with Gasteiger partial charge in [0.05, 0.1) is 6.07 Å². The molecular weight excluding hydrogens is 376 g/mol.